The van der Waals surface area contributed by atoms with Crippen molar-refractivity contribution in [3.05, 3.63) is 83.9 Å². The van der Waals surface area contributed by atoms with Gasteiger partial charge in [-0.1, -0.05) is 24.3 Å². The lowest BCUT2D eigenvalue weighted by Gasteiger charge is -2.28. The second-order valence-electron chi connectivity index (χ2n) is 8.17. The van der Waals surface area contributed by atoms with Gasteiger partial charge in [0.15, 0.2) is 0 Å². The van der Waals surface area contributed by atoms with E-state index in [1.54, 1.807) is 42.5 Å². The number of aromatic hydroxyl groups is 1. The summed E-state index contributed by atoms with van der Waals surface area (Å²) < 4.78 is 0. The Morgan fingerprint density at radius 3 is 2.20 bits per heavy atom. The minimum Gasteiger partial charge on any atom is -0.506 e. The summed E-state index contributed by atoms with van der Waals surface area (Å²) in [5.41, 5.74) is 3.03. The third-order valence-corrected chi connectivity index (χ3v) is 5.94. The number of nitrogens with zero attached hydrogens (tertiary/aromatic N) is 4. The summed E-state index contributed by atoms with van der Waals surface area (Å²) in [6.07, 6.45) is 0. The van der Waals surface area contributed by atoms with Gasteiger partial charge in [0.2, 0.25) is 5.91 Å². The first kappa shape index (κ1) is 20.5. The lowest BCUT2D eigenvalue weighted by Crippen LogP contribution is -2.40. The summed E-state index contributed by atoms with van der Waals surface area (Å²) in [6, 6.07) is 20.1. The zero-order valence-electron chi connectivity index (χ0n) is 18.4. The minimum atomic E-state index is -0.525. The Kier molecular flexibility index (Phi) is 4.40. The van der Waals surface area contributed by atoms with Gasteiger partial charge in [0.05, 0.1) is 5.69 Å². The van der Waals surface area contributed by atoms with Crippen LogP contribution in [0.15, 0.2) is 72.8 Å². The lowest BCUT2D eigenvalue weighted by molar-refractivity contribution is -0.114. The first-order valence-electron chi connectivity index (χ1n) is 10.8. The summed E-state index contributed by atoms with van der Waals surface area (Å²) in [6.45, 7) is 1.39. The fourth-order valence-electron chi connectivity index (χ4n) is 4.42. The van der Waals surface area contributed by atoms with E-state index in [9.17, 15) is 19.5 Å². The number of phenols is 1. The van der Waals surface area contributed by atoms with Gasteiger partial charge in [-0.15, -0.1) is 15.0 Å². The Balaban J connectivity index is 1.43. The van der Waals surface area contributed by atoms with Crippen LogP contribution in [0.4, 0.5) is 11.4 Å². The number of hydrogen-bond acceptors (Lipinski definition) is 6. The molecule has 0 saturated carbocycles. The second kappa shape index (κ2) is 7.49. The molecule has 0 unspecified atom stereocenters. The maximum absolute atomic E-state index is 13.4. The number of rotatable bonds is 3. The Labute approximate surface area is 198 Å². The van der Waals surface area contributed by atoms with Crippen molar-refractivity contribution >= 4 is 50.9 Å². The van der Waals surface area contributed by atoms with Gasteiger partial charge in [0.25, 0.3) is 11.8 Å². The number of nitrogens with one attached hydrogen (secondary N) is 1. The molecule has 0 bridgehead atoms. The van der Waals surface area contributed by atoms with Crippen molar-refractivity contribution in [2.24, 2.45) is 0 Å². The van der Waals surface area contributed by atoms with Crippen molar-refractivity contribution < 1.29 is 19.5 Å². The van der Waals surface area contributed by atoms with E-state index >= 15 is 0 Å². The number of phenolic OH excluding ortho intramolecular Hbond substituents is 1. The van der Waals surface area contributed by atoms with Gasteiger partial charge in [-0.3, -0.25) is 14.4 Å². The number of anilines is 2. The van der Waals surface area contributed by atoms with Crippen LogP contribution in [0.3, 0.4) is 0 Å². The molecular formula is C26H17N5O4. The molecule has 5 aromatic rings. The zero-order chi connectivity index (χ0) is 24.3. The molecule has 6 rings (SSSR count). The molecule has 0 atom stereocenters. The highest BCUT2D eigenvalue weighted by Crippen LogP contribution is 2.37. The minimum absolute atomic E-state index is 0.187. The fraction of sp³-hybridized carbons (Fsp3) is 0.0385. The summed E-state index contributed by atoms with van der Waals surface area (Å²) in [4.78, 5) is 40.8. The molecule has 170 valence electrons. The SMILES string of the molecule is CC(=O)Nc1ccc2c3c(cccc13)C(=O)N(c1ccc(-n3nc4ccccc4n3)c(O)c1)C2=O. The van der Waals surface area contributed by atoms with Crippen LogP contribution in [0.2, 0.25) is 0 Å². The van der Waals surface area contributed by atoms with Gasteiger partial charge in [0.1, 0.15) is 22.5 Å². The van der Waals surface area contributed by atoms with E-state index < -0.39 is 11.8 Å². The van der Waals surface area contributed by atoms with Crippen LogP contribution in [0.5, 0.6) is 5.75 Å². The topological polar surface area (TPSA) is 117 Å². The maximum atomic E-state index is 13.4. The molecule has 1 aliphatic heterocycles. The van der Waals surface area contributed by atoms with E-state index in [0.717, 1.165) is 4.90 Å². The molecule has 0 radical (unpaired) electrons. The molecular weight excluding hydrogens is 446 g/mol. The van der Waals surface area contributed by atoms with E-state index in [1.165, 1.54) is 17.8 Å². The third-order valence-electron chi connectivity index (χ3n) is 5.94. The first-order chi connectivity index (χ1) is 16.9. The molecule has 0 spiro atoms. The Bertz CT molecular complexity index is 1670. The molecule has 3 amide bonds. The van der Waals surface area contributed by atoms with Crippen LogP contribution in [0.25, 0.3) is 27.5 Å². The third kappa shape index (κ3) is 3.13. The second-order valence-corrected chi connectivity index (χ2v) is 8.17. The summed E-state index contributed by atoms with van der Waals surface area (Å²) in [5, 5.41) is 23.3. The van der Waals surface area contributed by atoms with E-state index in [1.807, 2.05) is 24.3 Å². The van der Waals surface area contributed by atoms with Gasteiger partial charge < -0.3 is 10.4 Å². The van der Waals surface area contributed by atoms with Gasteiger partial charge in [-0.25, -0.2) is 4.90 Å². The summed E-state index contributed by atoms with van der Waals surface area (Å²) >= 11 is 0. The Hall–Kier alpha value is -5.05. The number of carbonyl (C=O) groups excluding carboxylic acids is 3. The number of carbonyl (C=O) groups is 3. The van der Waals surface area contributed by atoms with Crippen LogP contribution in [0, 0.1) is 0 Å². The van der Waals surface area contributed by atoms with Crippen LogP contribution >= 0.6 is 0 Å². The number of hydrogen-bond donors (Lipinski definition) is 2. The number of imide groups is 1. The van der Waals surface area contributed by atoms with Gasteiger partial charge in [-0.05, 0) is 42.5 Å². The van der Waals surface area contributed by atoms with E-state index in [0.29, 0.717) is 44.3 Å². The molecule has 35 heavy (non-hydrogen) atoms. The van der Waals surface area contributed by atoms with Gasteiger partial charge in [-0.2, -0.15) is 0 Å². The van der Waals surface area contributed by atoms with Crippen molar-refractivity contribution in [2.75, 3.05) is 10.2 Å². The largest absolute Gasteiger partial charge is 0.506 e. The highest BCUT2D eigenvalue weighted by Gasteiger charge is 2.35. The van der Waals surface area contributed by atoms with Crippen LogP contribution in [0.1, 0.15) is 27.6 Å². The van der Waals surface area contributed by atoms with Crippen molar-refractivity contribution in [1.29, 1.82) is 0 Å². The highest BCUT2D eigenvalue weighted by atomic mass is 16.3. The highest BCUT2D eigenvalue weighted by molar-refractivity contribution is 6.36. The standard InChI is InChI=1S/C26H17N5O4/c1-14(32)27-19-11-10-18-24-16(19)5-4-6-17(24)25(34)30(26(18)35)15-9-12-22(23(33)13-15)31-28-20-7-2-3-8-21(20)29-31/h2-13,33H,1H3,(H,27,32). The first-order valence-corrected chi connectivity index (χ1v) is 10.8. The lowest BCUT2D eigenvalue weighted by atomic mass is 9.92. The Morgan fingerprint density at radius 1 is 0.857 bits per heavy atom. The molecule has 9 nitrogen and oxygen atoms in total. The predicted octanol–water partition coefficient (Wildman–Crippen LogP) is 4.04. The van der Waals surface area contributed by atoms with Crippen molar-refractivity contribution in [3.63, 3.8) is 0 Å². The smallest absolute Gasteiger partial charge is 0.265 e. The number of aromatic nitrogens is 3. The van der Waals surface area contributed by atoms with Crippen LogP contribution in [-0.4, -0.2) is 37.8 Å². The molecule has 1 aromatic heterocycles. The van der Waals surface area contributed by atoms with E-state index in [-0.39, 0.29) is 17.3 Å². The number of benzene rings is 4. The molecule has 0 saturated heterocycles. The molecule has 0 aliphatic carbocycles. The monoisotopic (exact) mass is 463 g/mol. The van der Waals surface area contributed by atoms with Crippen molar-refractivity contribution in [2.45, 2.75) is 6.92 Å². The van der Waals surface area contributed by atoms with E-state index in [2.05, 4.69) is 15.5 Å². The predicted molar refractivity (Wildman–Crippen MR) is 130 cm³/mol. The number of amides is 3. The van der Waals surface area contributed by atoms with Crippen LogP contribution in [-0.2, 0) is 4.79 Å². The van der Waals surface area contributed by atoms with Crippen molar-refractivity contribution in [1.82, 2.24) is 15.0 Å². The average molecular weight is 463 g/mol. The normalized spacial score (nSPS) is 13.0. The summed E-state index contributed by atoms with van der Waals surface area (Å²) in [7, 11) is 0. The molecule has 2 heterocycles. The Morgan fingerprint density at radius 2 is 1.54 bits per heavy atom. The van der Waals surface area contributed by atoms with Gasteiger partial charge in [0, 0.05) is 40.6 Å². The molecule has 9 heteroatoms. The van der Waals surface area contributed by atoms with Gasteiger partial charge >= 0.3 is 0 Å². The van der Waals surface area contributed by atoms with Crippen molar-refractivity contribution in [3.8, 4) is 11.4 Å². The van der Waals surface area contributed by atoms with Crippen LogP contribution < -0.4 is 10.2 Å². The molecule has 0 fully saturated rings. The average Bonchev–Trinajstić information content (AvgIpc) is 3.27. The quantitative estimate of drug-likeness (QED) is 0.390. The fourth-order valence-corrected chi connectivity index (χ4v) is 4.42. The molecule has 1 aliphatic rings. The maximum Gasteiger partial charge on any atom is 0.265 e. The van der Waals surface area contributed by atoms with E-state index in [4.69, 9.17) is 0 Å². The molecule has 4 aromatic carbocycles. The zero-order valence-corrected chi connectivity index (χ0v) is 18.4. The summed E-state index contributed by atoms with van der Waals surface area (Å²) in [5.74, 6) is -1.49. The molecule has 2 N–H and O–H groups in total. The number of fused-ring (bicyclic) bond motifs is 1.